The molecule has 12 aliphatic rings. The fourth-order valence-electron chi connectivity index (χ4n) is 23.3. The molecule has 7 aromatic carbocycles. The topological polar surface area (TPSA) is 369 Å². The summed E-state index contributed by atoms with van der Waals surface area (Å²) in [6, 6.07) is 32.1. The van der Waals surface area contributed by atoms with Gasteiger partial charge in [-0.15, -0.1) is 22.7 Å². The molecule has 0 bridgehead atoms. The van der Waals surface area contributed by atoms with Crippen molar-refractivity contribution in [3.05, 3.63) is 205 Å². The number of thiazole rings is 2. The molecule has 10 atom stereocenters. The van der Waals surface area contributed by atoms with Gasteiger partial charge in [0.2, 0.25) is 0 Å². The monoisotopic (exact) mass is 1920 g/mol. The van der Waals surface area contributed by atoms with Crippen molar-refractivity contribution >= 4 is 101 Å². The van der Waals surface area contributed by atoms with E-state index in [9.17, 15) is 17.6 Å². The Morgan fingerprint density at radius 3 is 1.14 bits per heavy atom. The molecule has 35 heteroatoms. The lowest BCUT2D eigenvalue weighted by atomic mass is 9.96. The van der Waals surface area contributed by atoms with Crippen molar-refractivity contribution in [3.63, 3.8) is 0 Å². The van der Waals surface area contributed by atoms with Gasteiger partial charge >= 0.3 is 24.0 Å². The Balaban J connectivity index is 0.000000104. The van der Waals surface area contributed by atoms with Crippen LogP contribution in [0.15, 0.2) is 121 Å². The fourth-order valence-corrected chi connectivity index (χ4v) is 24.9. The van der Waals surface area contributed by atoms with Crippen LogP contribution in [0.5, 0.6) is 47.0 Å². The maximum absolute atomic E-state index is 14.6. The number of benzene rings is 7. The highest BCUT2D eigenvalue weighted by Gasteiger charge is 2.48. The number of aryl methyl sites for hydroxylation is 2. The van der Waals surface area contributed by atoms with Crippen LogP contribution in [0.4, 0.5) is 69.3 Å². The summed E-state index contributed by atoms with van der Waals surface area (Å²) in [4.78, 5) is 70.2. The Kier molecular flexibility index (Phi) is 23.3. The first kappa shape index (κ1) is 90.4. The summed E-state index contributed by atoms with van der Waals surface area (Å²) in [6.45, 7) is 16.9. The SMILES string of the molecule is CNc1cc(F)cc2c1Cc1nc(Oc3ccc4c(c3)CC=N4)nc(N3C[C@H]4CC[C@@H](N)[C@H]4C3)c1-2.CNc1cc(F)cc2c1Cc1nc(Oc3ccc4sc(C)nc4c3)nc(N3C[C@H]4CC(N)C[C@H]4C3)c1-2.CNc1cc(F)cc2c1Cc1nc(Oc3ccc4sc(C)nc4c3)nc(N3C[C@H]4CC[C@@H](N)[C@H]4C3)c1-2.CNc1cc(F)cc2c1Cc1nc(Oc3cnc(C(C)(C)C)nc3)nc(N3CC[C@@H](N)C3)c1-2. The Bertz CT molecular complexity index is 7330. The van der Waals surface area contributed by atoms with Gasteiger partial charge in [-0.2, -0.15) is 39.9 Å². The first-order valence-electron chi connectivity index (χ1n) is 48.3. The van der Waals surface area contributed by atoms with Gasteiger partial charge in [0.1, 0.15) is 69.6 Å². The average molecular weight is 1930 g/mol. The molecular weight excluding hydrogens is 1820 g/mol. The van der Waals surface area contributed by atoms with Crippen LogP contribution < -0.4 is 82.7 Å². The van der Waals surface area contributed by atoms with Gasteiger partial charge in [0.25, 0.3) is 0 Å². The summed E-state index contributed by atoms with van der Waals surface area (Å²) >= 11 is 3.32. The summed E-state index contributed by atoms with van der Waals surface area (Å²) in [5.41, 5.74) is 46.7. The standard InChI is InChI=1S/2C27H27FN6OS.C27H27FN6O.C24H28FN7O/c1-13-31-22-9-16(4-6-24(22)36-13)35-27-32-23-10-17-18(7-15(28)8-21(17)30-2)25(23)26(33-27)34-11-14-3-5-20(29)19(14)12-34;1-13-31-22-9-18(3-4-24(22)36-13)35-27-32-23-10-19-20(7-16(28)8-21(19)30-2)25(23)26(33-27)34-11-14-5-17(29)6-15(14)12-34;1-30-23-10-16(28)9-19-18(23)11-24-25(19)26(34-12-15-2-4-21(29)20(15)13-34)33-27(32-24)35-17-3-5-22-14(8-17)6-7-31-22;1-24(2,3)22-28-10-15(11-29-22)33-23-30-19-9-16-17(7-13(25)8-18(16)27-4)20(19)21(31-23)32-6-5-14(26)12-32/h4,6-9,14,19-20,30H,3,5,10-12,29H2,1-2H3;3-4,7-9,14-15,17,30H,5-6,10-12,29H2,1-2H3;3,5,7-10,15,20-21,30H,2,4,6,11-13,29H2,1H3;7-8,10-11,14,27H,5-6,9,12,26H2,1-4H3/t14-,19+,20-;14-,15+,17?;15-,20+,21-;14-/m1.11/s1. The van der Waals surface area contributed by atoms with Crippen molar-refractivity contribution in [1.82, 2.24) is 59.8 Å². The van der Waals surface area contributed by atoms with Crippen molar-refractivity contribution in [1.29, 1.82) is 0 Å². The molecule has 7 aromatic heterocycles. The van der Waals surface area contributed by atoms with Gasteiger partial charge in [-0.1, -0.05) is 20.8 Å². The van der Waals surface area contributed by atoms with E-state index in [0.717, 1.165) is 280 Å². The zero-order valence-electron chi connectivity index (χ0n) is 79.3. The lowest BCUT2D eigenvalue weighted by molar-refractivity contribution is 0.432. The third-order valence-electron chi connectivity index (χ3n) is 29.9. The number of ether oxygens (including phenoxy) is 4. The molecule has 0 amide bonds. The summed E-state index contributed by atoms with van der Waals surface area (Å²) < 4.78 is 85.1. The molecule has 3 saturated carbocycles. The zero-order valence-corrected chi connectivity index (χ0v) is 81.0. The number of nitrogens with two attached hydrogens (primary N) is 4. The van der Waals surface area contributed by atoms with Crippen molar-refractivity contribution in [2.75, 3.05) is 121 Å². The van der Waals surface area contributed by atoms with Crippen LogP contribution in [0.3, 0.4) is 0 Å². The summed E-state index contributed by atoms with van der Waals surface area (Å²) in [5, 5.41) is 14.6. The Morgan fingerprint density at radius 2 is 0.764 bits per heavy atom. The number of hydrogen-bond donors (Lipinski definition) is 8. The van der Waals surface area contributed by atoms with Crippen LogP contribution in [-0.2, 0) is 37.5 Å². The first-order valence-corrected chi connectivity index (χ1v) is 50.0. The van der Waals surface area contributed by atoms with Crippen molar-refractivity contribution < 1.29 is 36.5 Å². The lowest BCUT2D eigenvalue weighted by Gasteiger charge is -2.23. The van der Waals surface area contributed by atoms with Gasteiger partial charge in [-0.25, -0.2) is 37.5 Å². The maximum Gasteiger partial charge on any atom is 0.324 e. The van der Waals surface area contributed by atoms with Crippen LogP contribution in [0, 0.1) is 72.6 Å². The minimum absolute atomic E-state index is 0.0691. The Labute approximate surface area is 815 Å². The van der Waals surface area contributed by atoms with E-state index >= 15 is 0 Å². The van der Waals surface area contributed by atoms with Crippen LogP contribution in [-0.4, -0.2) is 171 Å². The highest BCUT2D eigenvalue weighted by Crippen LogP contribution is 2.55. The number of aliphatic imine (C=N–C) groups is 1. The predicted molar refractivity (Wildman–Crippen MR) is 541 cm³/mol. The van der Waals surface area contributed by atoms with Gasteiger partial charge in [0, 0.05) is 206 Å². The van der Waals surface area contributed by atoms with E-state index in [2.05, 4.69) is 86.6 Å². The number of nitrogens with one attached hydrogen (secondary N) is 4. The second kappa shape index (κ2) is 36.0. The van der Waals surface area contributed by atoms with E-state index in [1.807, 2.05) is 95.8 Å². The fraction of sp³-hybridized carbons (Fsp3) is 0.381. The lowest BCUT2D eigenvalue weighted by Crippen LogP contribution is -2.30. The highest BCUT2D eigenvalue weighted by atomic mass is 32.1. The van der Waals surface area contributed by atoms with E-state index in [4.69, 9.17) is 81.8 Å². The third kappa shape index (κ3) is 17.0. The van der Waals surface area contributed by atoms with E-state index in [1.54, 1.807) is 84.6 Å². The molecule has 4 saturated heterocycles. The number of nitrogens with zero attached hydrogens (tertiary/aromatic N) is 17. The number of hydrogen-bond acceptors (Lipinski definition) is 31. The summed E-state index contributed by atoms with van der Waals surface area (Å²) in [6.07, 6.45) is 15.7. The van der Waals surface area contributed by atoms with Gasteiger partial charge in [-0.05, 0) is 235 Å². The van der Waals surface area contributed by atoms with Gasteiger partial charge in [0.15, 0.2) is 5.75 Å². The van der Waals surface area contributed by atoms with E-state index in [1.165, 1.54) is 6.07 Å². The number of rotatable bonds is 16. The van der Waals surface area contributed by atoms with Gasteiger partial charge in [-0.3, -0.25) is 4.99 Å². The predicted octanol–water partition coefficient (Wildman–Crippen LogP) is 18.3. The molecular formula is C105H109F4N25O4S2. The molecule has 0 spiro atoms. The molecule has 1 unspecified atom stereocenters. The number of anilines is 8. The van der Waals surface area contributed by atoms with Gasteiger partial charge < -0.3 is 82.7 Å². The molecule has 12 heterocycles. The molecule has 140 heavy (non-hydrogen) atoms. The van der Waals surface area contributed by atoms with Crippen LogP contribution in [0.25, 0.3) is 64.9 Å². The third-order valence-corrected chi connectivity index (χ3v) is 31.8. The summed E-state index contributed by atoms with van der Waals surface area (Å²) in [5.74, 6) is 8.43. The van der Waals surface area contributed by atoms with E-state index < -0.39 is 0 Å². The molecule has 26 rings (SSSR count). The van der Waals surface area contributed by atoms with Crippen LogP contribution in [0.2, 0.25) is 0 Å². The van der Waals surface area contributed by atoms with Crippen molar-refractivity contribution in [2.24, 2.45) is 63.4 Å². The van der Waals surface area contributed by atoms with Crippen LogP contribution >= 0.6 is 22.7 Å². The van der Waals surface area contributed by atoms with Crippen molar-refractivity contribution in [3.8, 4) is 91.5 Å². The summed E-state index contributed by atoms with van der Waals surface area (Å²) in [7, 11) is 7.25. The van der Waals surface area contributed by atoms with Crippen molar-refractivity contribution in [2.45, 2.75) is 141 Å². The Hall–Kier alpha value is -13.5. The zero-order chi connectivity index (χ0) is 96.1. The molecule has 29 nitrogen and oxygen atoms in total. The van der Waals surface area contributed by atoms with E-state index in [0.29, 0.717) is 109 Å². The van der Waals surface area contributed by atoms with E-state index in [-0.39, 0.29) is 58.9 Å². The quantitative estimate of drug-likeness (QED) is 0.0417. The van der Waals surface area contributed by atoms with Crippen LogP contribution in [0.1, 0.15) is 132 Å². The molecule has 718 valence electrons. The molecule has 0 radical (unpaired) electrons. The molecule has 7 fully saturated rings. The highest BCUT2D eigenvalue weighted by molar-refractivity contribution is 7.18. The molecule has 5 aliphatic heterocycles. The maximum atomic E-state index is 14.6. The smallest absolute Gasteiger partial charge is 0.324 e. The molecule has 7 aliphatic carbocycles. The average Bonchev–Trinajstić information content (AvgIpc) is 1.59. The second-order valence-corrected chi connectivity index (χ2v) is 42.4. The number of aromatic nitrogens is 12. The minimum Gasteiger partial charge on any atom is -0.424 e. The second-order valence-electron chi connectivity index (χ2n) is 40.0. The van der Waals surface area contributed by atoms with Gasteiger partial charge in [0.05, 0.1) is 71.3 Å². The number of fused-ring (bicyclic) bond motifs is 18. The molecule has 12 N–H and O–H groups in total. The Morgan fingerprint density at radius 1 is 0.393 bits per heavy atom. The first-order chi connectivity index (χ1) is 67.7. The minimum atomic E-state index is -0.300. The normalized spacial score (nSPS) is 21.2. The number of halogens is 4. The largest absolute Gasteiger partial charge is 0.424 e. The molecule has 14 aromatic rings.